The Morgan fingerprint density at radius 3 is 1.83 bits per heavy atom. The molecule has 0 bridgehead atoms. The van der Waals surface area contributed by atoms with Crippen LogP contribution < -0.4 is 5.46 Å². The van der Waals surface area contributed by atoms with Gasteiger partial charge in [-0.05, 0) is 55.8 Å². The van der Waals surface area contributed by atoms with Crippen LogP contribution in [0.5, 0.6) is 0 Å². The minimum absolute atomic E-state index is 0.374. The topological polar surface area (TPSA) is 23.4 Å². The lowest BCUT2D eigenvalue weighted by atomic mass is 9.77. The molecule has 1 aliphatic rings. The first kappa shape index (κ1) is 22.9. The molecule has 0 atom stereocenters. The molecule has 3 nitrogen and oxygen atoms in total. The van der Waals surface area contributed by atoms with Crippen LogP contribution in [0.3, 0.4) is 0 Å². The molecule has 0 radical (unpaired) electrons. The molecule has 0 spiro atoms. The van der Waals surface area contributed by atoms with Gasteiger partial charge in [0.15, 0.2) is 8.24 Å². The third-order valence-corrected chi connectivity index (χ3v) is 14.6. The lowest BCUT2D eigenvalue weighted by Crippen LogP contribution is -2.51. The van der Waals surface area contributed by atoms with Crippen LogP contribution in [-0.4, -0.2) is 30.8 Å². The number of nitrogens with zero attached hydrogens (tertiary/aromatic N) is 1. The summed E-state index contributed by atoms with van der Waals surface area (Å²) in [7, 11) is -2.33. The van der Waals surface area contributed by atoms with Crippen molar-refractivity contribution in [3.05, 3.63) is 29.4 Å². The van der Waals surface area contributed by atoms with Gasteiger partial charge in [-0.3, -0.25) is 0 Å². The summed E-state index contributed by atoms with van der Waals surface area (Å²) in [6, 6.07) is 6.44. The van der Waals surface area contributed by atoms with Crippen molar-refractivity contribution in [3.8, 4) is 0 Å². The second-order valence-corrected chi connectivity index (χ2v) is 16.7. The van der Waals surface area contributed by atoms with Gasteiger partial charge in [0.1, 0.15) is 0 Å². The van der Waals surface area contributed by atoms with Gasteiger partial charge in [-0.25, -0.2) is 0 Å². The molecule has 0 aliphatic carbocycles. The zero-order valence-electron chi connectivity index (χ0n) is 19.8. The van der Waals surface area contributed by atoms with Crippen molar-refractivity contribution in [2.24, 2.45) is 0 Å². The minimum atomic E-state index is -1.92. The Morgan fingerprint density at radius 2 is 1.38 bits per heavy atom. The van der Waals surface area contributed by atoms with E-state index in [1.54, 1.807) is 0 Å². The van der Waals surface area contributed by atoms with Gasteiger partial charge in [0.25, 0.3) is 0 Å². The highest BCUT2D eigenvalue weighted by molar-refractivity contribution is 6.83. The SMILES string of the molecule is CC(C)[Si](C(C)C)(C(C)C)n1cc(Cl)c2c(B3OC(C)(C)C(C)(C)O3)cccc21. The maximum Gasteiger partial charge on any atom is 0.495 e. The van der Waals surface area contributed by atoms with Crippen LogP contribution in [0.2, 0.25) is 21.6 Å². The summed E-state index contributed by atoms with van der Waals surface area (Å²) in [4.78, 5) is 0. The monoisotopic (exact) mass is 433 g/mol. The predicted octanol–water partition coefficient (Wildman–Crippen LogP) is 6.62. The molecule has 2 heterocycles. The van der Waals surface area contributed by atoms with E-state index in [1.807, 2.05) is 0 Å². The molecule has 160 valence electrons. The van der Waals surface area contributed by atoms with E-state index < -0.39 is 15.4 Å². The van der Waals surface area contributed by atoms with Crippen LogP contribution in [0.15, 0.2) is 24.4 Å². The largest absolute Gasteiger partial charge is 0.495 e. The number of hydrogen-bond donors (Lipinski definition) is 0. The van der Waals surface area contributed by atoms with Gasteiger partial charge < -0.3 is 13.5 Å². The molecule has 1 aliphatic heterocycles. The minimum Gasteiger partial charge on any atom is -0.399 e. The van der Waals surface area contributed by atoms with E-state index in [-0.39, 0.29) is 11.2 Å². The molecule has 2 aromatic rings. The molecule has 1 aromatic heterocycles. The molecule has 1 aromatic carbocycles. The molecule has 6 heteroatoms. The number of rotatable bonds is 5. The molecule has 1 saturated heterocycles. The van der Waals surface area contributed by atoms with Crippen LogP contribution in [-0.2, 0) is 9.31 Å². The number of benzene rings is 1. The Morgan fingerprint density at radius 1 is 0.897 bits per heavy atom. The quantitative estimate of drug-likeness (QED) is 0.495. The van der Waals surface area contributed by atoms with E-state index in [0.29, 0.717) is 16.6 Å². The maximum absolute atomic E-state index is 6.91. The van der Waals surface area contributed by atoms with Crippen LogP contribution >= 0.6 is 11.6 Å². The third-order valence-electron chi connectivity index (χ3n) is 7.51. The van der Waals surface area contributed by atoms with Crippen molar-refractivity contribution < 1.29 is 9.31 Å². The lowest BCUT2D eigenvalue weighted by molar-refractivity contribution is 0.00578. The molecule has 3 rings (SSSR count). The van der Waals surface area contributed by atoms with Crippen molar-refractivity contribution >= 4 is 43.3 Å². The average molecular weight is 434 g/mol. The fourth-order valence-corrected chi connectivity index (χ4v) is 12.6. The van der Waals surface area contributed by atoms with Crippen LogP contribution in [0.4, 0.5) is 0 Å². The fraction of sp³-hybridized carbons (Fsp3) is 0.652. The van der Waals surface area contributed by atoms with Gasteiger partial charge >= 0.3 is 7.12 Å². The van der Waals surface area contributed by atoms with Crippen molar-refractivity contribution in [2.75, 3.05) is 0 Å². The smallest absolute Gasteiger partial charge is 0.399 e. The summed E-state index contributed by atoms with van der Waals surface area (Å²) < 4.78 is 15.3. The summed E-state index contributed by atoms with van der Waals surface area (Å²) in [5.74, 6) is 0. The molecular formula is C23H37BClNO2Si. The highest BCUT2D eigenvalue weighted by atomic mass is 35.5. The summed E-state index contributed by atoms with van der Waals surface area (Å²) in [5.41, 5.74) is 3.27. The van der Waals surface area contributed by atoms with Crippen LogP contribution in [0, 0.1) is 0 Å². The Bertz CT molecular complexity index is 866. The first-order valence-corrected chi connectivity index (χ1v) is 13.5. The Hall–Kier alpha value is -0.748. The standard InChI is InChI=1S/C23H37BClNO2Si/c1-15(2)29(16(3)4,17(5)6)26-14-19(25)21-18(12-11-13-20(21)26)24-27-22(7,8)23(9,10)28-24/h11-17H,1-10H3. The van der Waals surface area contributed by atoms with E-state index >= 15 is 0 Å². The van der Waals surface area contributed by atoms with E-state index in [2.05, 4.69) is 97.9 Å². The molecule has 0 amide bonds. The van der Waals surface area contributed by atoms with Crippen molar-refractivity contribution in [3.63, 3.8) is 0 Å². The van der Waals surface area contributed by atoms with Gasteiger partial charge in [-0.2, -0.15) is 0 Å². The highest BCUT2D eigenvalue weighted by Crippen LogP contribution is 2.45. The van der Waals surface area contributed by atoms with Crippen molar-refractivity contribution in [1.29, 1.82) is 0 Å². The Balaban J connectivity index is 2.25. The first-order chi connectivity index (χ1) is 13.3. The molecule has 0 saturated carbocycles. The predicted molar refractivity (Wildman–Crippen MR) is 129 cm³/mol. The van der Waals surface area contributed by atoms with E-state index in [4.69, 9.17) is 20.9 Å². The lowest BCUT2D eigenvalue weighted by Gasteiger charge is -2.44. The Labute approximate surface area is 183 Å². The second kappa shape index (κ2) is 7.44. The number of hydrogen-bond acceptors (Lipinski definition) is 2. The molecule has 0 N–H and O–H groups in total. The average Bonchev–Trinajstić information content (AvgIpc) is 3.01. The van der Waals surface area contributed by atoms with Crippen LogP contribution in [0.1, 0.15) is 69.2 Å². The zero-order chi connectivity index (χ0) is 21.9. The van der Waals surface area contributed by atoms with Gasteiger partial charge in [0.05, 0.1) is 16.2 Å². The van der Waals surface area contributed by atoms with Crippen molar-refractivity contribution in [2.45, 2.75) is 97.1 Å². The van der Waals surface area contributed by atoms with Gasteiger partial charge in [-0.1, -0.05) is 65.3 Å². The van der Waals surface area contributed by atoms with Crippen molar-refractivity contribution in [1.82, 2.24) is 4.23 Å². The van der Waals surface area contributed by atoms with E-state index in [9.17, 15) is 0 Å². The molecule has 1 fully saturated rings. The Kier molecular flexibility index (Phi) is 5.88. The number of fused-ring (bicyclic) bond motifs is 1. The molecular weight excluding hydrogens is 397 g/mol. The third kappa shape index (κ3) is 3.33. The molecule has 29 heavy (non-hydrogen) atoms. The summed E-state index contributed by atoms with van der Waals surface area (Å²) in [5, 5.41) is 1.87. The first-order valence-electron chi connectivity index (χ1n) is 10.9. The zero-order valence-corrected chi connectivity index (χ0v) is 21.5. The maximum atomic E-state index is 6.91. The summed E-state index contributed by atoms with van der Waals surface area (Å²) in [6.07, 6.45) is 2.19. The molecule has 0 unspecified atom stereocenters. The summed E-state index contributed by atoms with van der Waals surface area (Å²) in [6.45, 7) is 22.6. The van der Waals surface area contributed by atoms with E-state index in [0.717, 1.165) is 15.9 Å². The van der Waals surface area contributed by atoms with E-state index in [1.165, 1.54) is 5.52 Å². The summed E-state index contributed by atoms with van der Waals surface area (Å²) >= 11 is 6.91. The normalized spacial score (nSPS) is 19.3. The second-order valence-electron chi connectivity index (χ2n) is 10.5. The van der Waals surface area contributed by atoms with Gasteiger partial charge in [-0.15, -0.1) is 0 Å². The van der Waals surface area contributed by atoms with Crippen LogP contribution in [0.25, 0.3) is 10.9 Å². The number of halogens is 1. The van der Waals surface area contributed by atoms with Gasteiger partial charge in [0.2, 0.25) is 0 Å². The fourth-order valence-electron chi connectivity index (χ4n) is 5.59. The van der Waals surface area contributed by atoms with Gasteiger partial charge in [0, 0.05) is 17.1 Å². The highest BCUT2D eigenvalue weighted by Gasteiger charge is 2.52. The number of aromatic nitrogens is 1.